The van der Waals surface area contributed by atoms with E-state index in [1.54, 1.807) is 19.1 Å². The maximum absolute atomic E-state index is 11.5. The fraction of sp³-hybridized carbons (Fsp3) is 0.231. The zero-order valence-corrected chi connectivity index (χ0v) is 10.0. The zero-order chi connectivity index (χ0) is 13.1. The van der Waals surface area contributed by atoms with Crippen LogP contribution in [0.15, 0.2) is 22.6 Å². The van der Waals surface area contributed by atoms with Gasteiger partial charge in [0.1, 0.15) is 0 Å². The molecule has 2 rings (SSSR count). The van der Waals surface area contributed by atoms with Gasteiger partial charge in [0.2, 0.25) is 5.76 Å². The van der Waals surface area contributed by atoms with Crippen molar-refractivity contribution in [1.29, 1.82) is 5.26 Å². The molecule has 1 heterocycles. The lowest BCUT2D eigenvalue weighted by Crippen LogP contribution is -2.02. The minimum atomic E-state index is -0.533. The second kappa shape index (κ2) is 4.80. The van der Waals surface area contributed by atoms with Crippen LogP contribution < -0.4 is 4.74 Å². The quantitative estimate of drug-likeness (QED) is 0.777. The molecule has 2 aromatic rings. The number of carbonyl (C=O) groups is 1. The average Bonchev–Trinajstić information content (AvgIpc) is 2.81. The molecule has 18 heavy (non-hydrogen) atoms. The predicted octanol–water partition coefficient (Wildman–Crippen LogP) is 2.49. The first-order valence-electron chi connectivity index (χ1n) is 5.38. The minimum absolute atomic E-state index is 0.0974. The molecule has 0 fully saturated rings. The number of carbonyl (C=O) groups excluding carboxylic acids is 1. The van der Waals surface area contributed by atoms with Crippen molar-refractivity contribution >= 4 is 16.9 Å². The molecule has 0 unspecified atom stereocenters. The van der Waals surface area contributed by atoms with Crippen molar-refractivity contribution in [2.75, 3.05) is 13.7 Å². The van der Waals surface area contributed by atoms with Crippen molar-refractivity contribution in [3.8, 4) is 11.8 Å². The van der Waals surface area contributed by atoms with Gasteiger partial charge in [-0.2, -0.15) is 5.26 Å². The van der Waals surface area contributed by atoms with Gasteiger partial charge in [0.15, 0.2) is 11.3 Å². The maximum Gasteiger partial charge on any atom is 0.374 e. The van der Waals surface area contributed by atoms with Gasteiger partial charge < -0.3 is 13.9 Å². The molecule has 1 aromatic carbocycles. The summed E-state index contributed by atoms with van der Waals surface area (Å²) in [5, 5.41) is 9.52. The summed E-state index contributed by atoms with van der Waals surface area (Å²) < 4.78 is 15.4. The maximum atomic E-state index is 11.5. The van der Waals surface area contributed by atoms with Crippen LogP contribution in [0.5, 0.6) is 5.75 Å². The molecule has 92 valence electrons. The molecule has 0 aliphatic rings. The first-order valence-corrected chi connectivity index (χ1v) is 5.38. The van der Waals surface area contributed by atoms with Crippen molar-refractivity contribution in [2.45, 2.75) is 6.92 Å². The molecule has 1 aromatic heterocycles. The predicted molar refractivity (Wildman–Crippen MR) is 63.4 cm³/mol. The summed E-state index contributed by atoms with van der Waals surface area (Å²) >= 11 is 0. The Balaban J connectivity index is 2.57. The van der Waals surface area contributed by atoms with Gasteiger partial charge in [0.05, 0.1) is 25.3 Å². The molecule has 0 spiro atoms. The van der Waals surface area contributed by atoms with Gasteiger partial charge in [0, 0.05) is 11.5 Å². The fourth-order valence-corrected chi connectivity index (χ4v) is 1.64. The van der Waals surface area contributed by atoms with Crippen LogP contribution in [-0.4, -0.2) is 19.7 Å². The number of hydrogen-bond donors (Lipinski definition) is 0. The second-order valence-electron chi connectivity index (χ2n) is 3.54. The zero-order valence-electron chi connectivity index (χ0n) is 10.0. The molecule has 0 amide bonds. The van der Waals surface area contributed by atoms with Crippen LogP contribution in [0.25, 0.3) is 11.0 Å². The first-order chi connectivity index (χ1) is 8.69. The molecular formula is C13H11NO4. The van der Waals surface area contributed by atoms with E-state index in [2.05, 4.69) is 0 Å². The van der Waals surface area contributed by atoms with Crippen molar-refractivity contribution in [3.05, 3.63) is 29.5 Å². The number of hydrogen-bond acceptors (Lipinski definition) is 5. The lowest BCUT2D eigenvalue weighted by atomic mass is 10.1. The molecule has 0 saturated carbocycles. The Morgan fingerprint density at radius 2 is 2.22 bits per heavy atom. The number of rotatable bonds is 3. The topological polar surface area (TPSA) is 72.5 Å². The summed E-state index contributed by atoms with van der Waals surface area (Å²) in [5.41, 5.74) is 0.870. The SMILES string of the molecule is CCOC(=O)c1cc2cc(C#N)cc(OC)c2o1. The Morgan fingerprint density at radius 3 is 2.83 bits per heavy atom. The lowest BCUT2D eigenvalue weighted by molar-refractivity contribution is 0.0492. The van der Waals surface area contributed by atoms with Crippen molar-refractivity contribution in [3.63, 3.8) is 0 Å². The first kappa shape index (κ1) is 12.0. The molecule has 0 radical (unpaired) electrons. The van der Waals surface area contributed by atoms with Crippen LogP contribution in [0.4, 0.5) is 0 Å². The van der Waals surface area contributed by atoms with Crippen LogP contribution in [0, 0.1) is 11.3 Å². The number of nitriles is 1. The Kier molecular flexibility index (Phi) is 3.20. The van der Waals surface area contributed by atoms with Gasteiger partial charge in [-0.15, -0.1) is 0 Å². The third-order valence-corrected chi connectivity index (χ3v) is 2.41. The molecule has 0 N–H and O–H groups in total. The highest BCUT2D eigenvalue weighted by Gasteiger charge is 2.16. The largest absolute Gasteiger partial charge is 0.493 e. The van der Waals surface area contributed by atoms with Crippen LogP contribution in [0.1, 0.15) is 23.0 Å². The molecule has 0 aliphatic heterocycles. The highest BCUT2D eigenvalue weighted by Crippen LogP contribution is 2.30. The van der Waals surface area contributed by atoms with Gasteiger partial charge >= 0.3 is 5.97 Å². The van der Waals surface area contributed by atoms with Crippen LogP contribution >= 0.6 is 0 Å². The lowest BCUT2D eigenvalue weighted by Gasteiger charge is -2.00. The van der Waals surface area contributed by atoms with Gasteiger partial charge in [-0.05, 0) is 19.1 Å². The van der Waals surface area contributed by atoms with Gasteiger partial charge in [-0.3, -0.25) is 0 Å². The van der Waals surface area contributed by atoms with Gasteiger partial charge in [-0.25, -0.2) is 4.79 Å². The Hall–Kier alpha value is -2.48. The van der Waals surface area contributed by atoms with Crippen molar-refractivity contribution in [1.82, 2.24) is 0 Å². The third-order valence-electron chi connectivity index (χ3n) is 2.41. The van der Waals surface area contributed by atoms with E-state index in [1.165, 1.54) is 13.2 Å². The summed E-state index contributed by atoms with van der Waals surface area (Å²) in [6.07, 6.45) is 0. The van der Waals surface area contributed by atoms with Gasteiger partial charge in [-0.1, -0.05) is 0 Å². The molecule has 0 atom stereocenters. The van der Waals surface area contributed by atoms with Gasteiger partial charge in [0.25, 0.3) is 0 Å². The summed E-state index contributed by atoms with van der Waals surface area (Å²) in [7, 11) is 1.47. The molecule has 0 saturated heterocycles. The highest BCUT2D eigenvalue weighted by molar-refractivity contribution is 5.94. The number of benzene rings is 1. The molecule has 5 heteroatoms. The number of esters is 1. The fourth-order valence-electron chi connectivity index (χ4n) is 1.64. The number of furan rings is 1. The smallest absolute Gasteiger partial charge is 0.374 e. The number of methoxy groups -OCH3 is 1. The normalized spacial score (nSPS) is 10.1. The van der Waals surface area contributed by atoms with E-state index in [9.17, 15) is 4.79 Å². The number of ether oxygens (including phenoxy) is 2. The summed E-state index contributed by atoms with van der Waals surface area (Å²) in [6, 6.07) is 6.74. The van der Waals surface area contributed by atoms with E-state index in [4.69, 9.17) is 19.2 Å². The highest BCUT2D eigenvalue weighted by atomic mass is 16.5. The number of nitrogens with zero attached hydrogens (tertiary/aromatic N) is 1. The van der Waals surface area contributed by atoms with Crippen LogP contribution in [0.2, 0.25) is 0 Å². The van der Waals surface area contributed by atoms with Crippen molar-refractivity contribution in [2.24, 2.45) is 0 Å². The van der Waals surface area contributed by atoms with E-state index in [0.29, 0.717) is 22.3 Å². The van der Waals surface area contributed by atoms with Crippen LogP contribution in [-0.2, 0) is 4.74 Å². The Labute approximate surface area is 104 Å². The van der Waals surface area contributed by atoms with E-state index in [1.807, 2.05) is 6.07 Å². The minimum Gasteiger partial charge on any atom is -0.493 e. The summed E-state index contributed by atoms with van der Waals surface area (Å²) in [4.78, 5) is 11.5. The van der Waals surface area contributed by atoms with E-state index in [0.717, 1.165) is 0 Å². The molecule has 0 aliphatic carbocycles. The molecule has 0 bridgehead atoms. The van der Waals surface area contributed by atoms with E-state index < -0.39 is 5.97 Å². The van der Waals surface area contributed by atoms with Crippen molar-refractivity contribution < 1.29 is 18.7 Å². The third kappa shape index (κ3) is 2.00. The van der Waals surface area contributed by atoms with E-state index in [-0.39, 0.29) is 12.4 Å². The summed E-state index contributed by atoms with van der Waals surface area (Å²) in [5.74, 6) is -0.0194. The average molecular weight is 245 g/mol. The monoisotopic (exact) mass is 245 g/mol. The number of fused-ring (bicyclic) bond motifs is 1. The molecule has 5 nitrogen and oxygen atoms in total. The second-order valence-corrected chi connectivity index (χ2v) is 3.54. The Bertz CT molecular complexity index is 636. The summed E-state index contributed by atoms with van der Waals surface area (Å²) in [6.45, 7) is 1.99. The standard InChI is InChI=1S/C13H11NO4/c1-3-17-13(15)11-6-9-4-8(7-14)5-10(16-2)12(9)18-11/h4-6H,3H2,1-2H3. The van der Waals surface area contributed by atoms with E-state index >= 15 is 0 Å². The molecular weight excluding hydrogens is 234 g/mol. The van der Waals surface area contributed by atoms with Crippen LogP contribution in [0.3, 0.4) is 0 Å². The Morgan fingerprint density at radius 1 is 1.44 bits per heavy atom.